The molecule has 0 amide bonds. The van der Waals surface area contributed by atoms with Crippen LogP contribution in [-0.2, 0) is 11.2 Å². The van der Waals surface area contributed by atoms with Gasteiger partial charge in [0.1, 0.15) is 0 Å². The number of nitrogens with zero attached hydrogens (tertiary/aromatic N) is 1. The Kier molecular flexibility index (Phi) is 4.76. The van der Waals surface area contributed by atoms with Crippen molar-refractivity contribution in [2.75, 3.05) is 13.2 Å². The van der Waals surface area contributed by atoms with Gasteiger partial charge in [-0.15, -0.1) is 11.3 Å². The van der Waals surface area contributed by atoms with Crippen LogP contribution in [0.5, 0.6) is 0 Å². The van der Waals surface area contributed by atoms with Crippen molar-refractivity contribution in [1.82, 2.24) is 10.3 Å². The van der Waals surface area contributed by atoms with Crippen LogP contribution in [0.4, 0.5) is 0 Å². The van der Waals surface area contributed by atoms with Crippen LogP contribution in [-0.4, -0.2) is 29.8 Å². The summed E-state index contributed by atoms with van der Waals surface area (Å²) in [6.07, 6.45) is 4.47. The van der Waals surface area contributed by atoms with Crippen LogP contribution in [0, 0.1) is 6.92 Å². The van der Waals surface area contributed by atoms with E-state index in [9.17, 15) is 0 Å². The first-order valence-corrected chi connectivity index (χ1v) is 7.80. The Morgan fingerprint density at radius 1 is 1.61 bits per heavy atom. The lowest BCUT2D eigenvalue weighted by molar-refractivity contribution is -0.0114. The molecule has 2 rings (SSSR count). The van der Waals surface area contributed by atoms with Crippen molar-refractivity contribution < 1.29 is 4.74 Å². The van der Waals surface area contributed by atoms with Gasteiger partial charge in [-0.1, -0.05) is 6.92 Å². The second-order valence-corrected chi connectivity index (χ2v) is 6.30. The average molecular weight is 268 g/mol. The lowest BCUT2D eigenvalue weighted by Crippen LogP contribution is -2.50. The lowest BCUT2D eigenvalue weighted by Gasteiger charge is -2.33. The summed E-state index contributed by atoms with van der Waals surface area (Å²) in [4.78, 5) is 4.58. The lowest BCUT2D eigenvalue weighted by atomic mass is 9.90. The van der Waals surface area contributed by atoms with Gasteiger partial charge in [0.15, 0.2) is 0 Å². The molecule has 0 radical (unpaired) electrons. The Bertz CT molecular complexity index is 372. The predicted molar refractivity (Wildman–Crippen MR) is 76.2 cm³/mol. The summed E-state index contributed by atoms with van der Waals surface area (Å²) in [5.41, 5.74) is 1.11. The molecule has 0 aliphatic carbocycles. The Labute approximate surface area is 114 Å². The monoisotopic (exact) mass is 268 g/mol. The minimum Gasteiger partial charge on any atom is -0.374 e. The highest BCUT2D eigenvalue weighted by Gasteiger charge is 2.38. The van der Waals surface area contributed by atoms with Gasteiger partial charge in [0.25, 0.3) is 0 Å². The first-order chi connectivity index (χ1) is 8.64. The fourth-order valence-corrected chi connectivity index (χ4v) is 3.39. The van der Waals surface area contributed by atoms with E-state index in [-0.39, 0.29) is 5.60 Å². The molecule has 1 aliphatic rings. The van der Waals surface area contributed by atoms with Crippen molar-refractivity contribution in [2.45, 2.75) is 58.1 Å². The van der Waals surface area contributed by atoms with E-state index in [1.165, 1.54) is 11.4 Å². The van der Waals surface area contributed by atoms with Crippen LogP contribution in [0.2, 0.25) is 0 Å². The number of ether oxygens (including phenoxy) is 1. The van der Waals surface area contributed by atoms with Crippen molar-refractivity contribution in [2.24, 2.45) is 0 Å². The van der Waals surface area contributed by atoms with Gasteiger partial charge < -0.3 is 10.1 Å². The number of aryl methyl sites for hydroxylation is 1. The Morgan fingerprint density at radius 3 is 3.00 bits per heavy atom. The van der Waals surface area contributed by atoms with Gasteiger partial charge >= 0.3 is 0 Å². The number of thiazole rings is 1. The highest BCUT2D eigenvalue weighted by atomic mass is 32.1. The van der Waals surface area contributed by atoms with E-state index in [0.29, 0.717) is 6.04 Å². The summed E-state index contributed by atoms with van der Waals surface area (Å²) in [5.74, 6) is 0. The first kappa shape index (κ1) is 14.0. The number of hydrogen-bond acceptors (Lipinski definition) is 4. The molecule has 1 fully saturated rings. The zero-order valence-electron chi connectivity index (χ0n) is 11.7. The maximum atomic E-state index is 5.99. The molecule has 1 N–H and O–H groups in total. The summed E-state index contributed by atoms with van der Waals surface area (Å²) in [7, 11) is 0. The number of aromatic nitrogens is 1. The van der Waals surface area contributed by atoms with Gasteiger partial charge in [0.2, 0.25) is 0 Å². The molecule has 102 valence electrons. The average Bonchev–Trinajstić information content (AvgIpc) is 2.94. The molecule has 1 aromatic rings. The highest BCUT2D eigenvalue weighted by Crippen LogP contribution is 2.30. The van der Waals surface area contributed by atoms with E-state index in [2.05, 4.69) is 36.5 Å². The number of hydrogen-bond donors (Lipinski definition) is 1. The van der Waals surface area contributed by atoms with E-state index in [4.69, 9.17) is 4.74 Å². The molecule has 4 heteroatoms. The Hall–Kier alpha value is -0.450. The van der Waals surface area contributed by atoms with Gasteiger partial charge in [0.05, 0.1) is 10.6 Å². The van der Waals surface area contributed by atoms with Gasteiger partial charge in [-0.25, -0.2) is 4.98 Å². The molecule has 2 heterocycles. The topological polar surface area (TPSA) is 34.2 Å². The highest BCUT2D eigenvalue weighted by molar-refractivity contribution is 7.09. The van der Waals surface area contributed by atoms with Crippen LogP contribution in [0.25, 0.3) is 0 Å². The zero-order chi connectivity index (χ0) is 13.0. The molecule has 0 aromatic carbocycles. The van der Waals surface area contributed by atoms with Crippen molar-refractivity contribution in [3.63, 3.8) is 0 Å². The fraction of sp³-hybridized carbons (Fsp3) is 0.786. The quantitative estimate of drug-likeness (QED) is 0.861. The van der Waals surface area contributed by atoms with E-state index >= 15 is 0 Å². The van der Waals surface area contributed by atoms with Crippen molar-refractivity contribution in [1.29, 1.82) is 0 Å². The first-order valence-electron chi connectivity index (χ1n) is 6.92. The van der Waals surface area contributed by atoms with E-state index in [1.807, 2.05) is 0 Å². The van der Waals surface area contributed by atoms with Crippen molar-refractivity contribution >= 4 is 11.3 Å². The Morgan fingerprint density at radius 2 is 2.44 bits per heavy atom. The van der Waals surface area contributed by atoms with Crippen LogP contribution in [0.3, 0.4) is 0 Å². The summed E-state index contributed by atoms with van der Waals surface area (Å²) in [5, 5.41) is 7.00. The normalized spacial score (nSPS) is 25.5. The third-order valence-electron chi connectivity index (χ3n) is 3.67. The second kappa shape index (κ2) is 6.13. The van der Waals surface area contributed by atoms with E-state index in [0.717, 1.165) is 38.1 Å². The summed E-state index contributed by atoms with van der Waals surface area (Å²) >= 11 is 1.76. The van der Waals surface area contributed by atoms with Gasteiger partial charge in [-0.3, -0.25) is 0 Å². The molecule has 1 saturated heterocycles. The maximum Gasteiger partial charge on any atom is 0.0944 e. The smallest absolute Gasteiger partial charge is 0.0944 e. The standard InChI is InChI=1S/C14H24N2OS/c1-4-7-15-12(14(3)6-5-8-17-14)9-13-16-11(2)10-18-13/h10,12,15H,4-9H2,1-3H3. The summed E-state index contributed by atoms with van der Waals surface area (Å²) < 4.78 is 5.99. The maximum absolute atomic E-state index is 5.99. The fourth-order valence-electron chi connectivity index (χ4n) is 2.57. The molecule has 3 nitrogen and oxygen atoms in total. The van der Waals surface area contributed by atoms with Gasteiger partial charge in [-0.05, 0) is 39.7 Å². The summed E-state index contributed by atoms with van der Waals surface area (Å²) in [6.45, 7) is 8.46. The molecular weight excluding hydrogens is 244 g/mol. The minimum absolute atomic E-state index is 0.0191. The van der Waals surface area contributed by atoms with Crippen LogP contribution < -0.4 is 5.32 Å². The van der Waals surface area contributed by atoms with Crippen LogP contribution in [0.1, 0.15) is 43.8 Å². The molecule has 0 spiro atoms. The van der Waals surface area contributed by atoms with E-state index < -0.39 is 0 Å². The third-order valence-corrected chi connectivity index (χ3v) is 4.66. The van der Waals surface area contributed by atoms with Gasteiger partial charge in [-0.2, -0.15) is 0 Å². The molecule has 0 saturated carbocycles. The molecule has 1 aromatic heterocycles. The second-order valence-electron chi connectivity index (χ2n) is 5.36. The molecule has 2 unspecified atom stereocenters. The molecule has 18 heavy (non-hydrogen) atoms. The number of rotatable bonds is 6. The van der Waals surface area contributed by atoms with Crippen molar-refractivity contribution in [3.05, 3.63) is 16.1 Å². The minimum atomic E-state index is -0.0191. The Balaban J connectivity index is 2.04. The molecule has 2 atom stereocenters. The molecule has 1 aliphatic heterocycles. The molecule has 0 bridgehead atoms. The van der Waals surface area contributed by atoms with Crippen molar-refractivity contribution in [3.8, 4) is 0 Å². The largest absolute Gasteiger partial charge is 0.374 e. The van der Waals surface area contributed by atoms with Crippen LogP contribution in [0.15, 0.2) is 5.38 Å². The SMILES string of the molecule is CCCNC(Cc1nc(C)cs1)C1(C)CCCO1. The number of nitrogens with one attached hydrogen (secondary N) is 1. The van der Waals surface area contributed by atoms with Gasteiger partial charge in [0, 0.05) is 30.1 Å². The van der Waals surface area contributed by atoms with Crippen LogP contribution >= 0.6 is 11.3 Å². The zero-order valence-corrected chi connectivity index (χ0v) is 12.5. The third kappa shape index (κ3) is 3.31. The molecular formula is C14H24N2OS. The predicted octanol–water partition coefficient (Wildman–Crippen LogP) is 2.93. The summed E-state index contributed by atoms with van der Waals surface area (Å²) in [6, 6.07) is 0.380. The van der Waals surface area contributed by atoms with E-state index in [1.54, 1.807) is 11.3 Å².